The summed E-state index contributed by atoms with van der Waals surface area (Å²) in [5.41, 5.74) is 0. The van der Waals surface area contributed by atoms with Crippen molar-refractivity contribution in [3.63, 3.8) is 0 Å². The topological polar surface area (TPSA) is 69.2 Å². The molecular formula is H2AlNa3O3SSi. The fraction of sp³-hybridized carbons (Fsp3) is 0. The second-order valence-corrected chi connectivity index (χ2v) is 8.51. The molecule has 0 saturated carbocycles. The van der Waals surface area contributed by atoms with Gasteiger partial charge in [0.05, 0.1) is 0 Å². The molecule has 0 aliphatic rings. The van der Waals surface area contributed by atoms with Crippen molar-refractivity contribution in [2.45, 2.75) is 0 Å². The minimum atomic E-state index is -4.40. The van der Waals surface area contributed by atoms with Crippen molar-refractivity contribution in [3.8, 4) is 0 Å². The molecule has 0 aromatic heterocycles. The van der Waals surface area contributed by atoms with E-state index < -0.39 is 7.95 Å². The van der Waals surface area contributed by atoms with E-state index in [1.807, 2.05) is 0 Å². The Kier molecular flexibility index (Phi) is 30.7. The van der Waals surface area contributed by atoms with Gasteiger partial charge in [-0.1, -0.05) is 0 Å². The largest absolute Gasteiger partial charge is 1.00 e. The van der Waals surface area contributed by atoms with Gasteiger partial charge in [0.25, 0.3) is 15.2 Å². The minimum Gasteiger partial charge on any atom is -0.875 e. The summed E-state index contributed by atoms with van der Waals surface area (Å²) in [5.74, 6) is 0. The molecule has 0 aliphatic heterocycles. The first kappa shape index (κ1) is 23.1. The van der Waals surface area contributed by atoms with Crippen LogP contribution in [0, 0.1) is 0 Å². The molecule has 0 spiro atoms. The molecule has 0 rings (SSSR count). The Morgan fingerprint density at radius 2 is 1.11 bits per heavy atom. The van der Waals surface area contributed by atoms with Crippen LogP contribution in [0.25, 0.3) is 0 Å². The van der Waals surface area contributed by atoms with Crippen LogP contribution in [0.5, 0.6) is 0 Å². The van der Waals surface area contributed by atoms with Crippen LogP contribution >= 0.6 is 9.58 Å². The van der Waals surface area contributed by atoms with Gasteiger partial charge in [-0.25, -0.2) is 7.95 Å². The third-order valence-electron chi connectivity index (χ3n) is 0.250. The van der Waals surface area contributed by atoms with Gasteiger partial charge >= 0.3 is 88.7 Å². The van der Waals surface area contributed by atoms with Crippen molar-refractivity contribution in [1.82, 2.24) is 0 Å². The van der Waals surface area contributed by atoms with Crippen LogP contribution in [-0.2, 0) is 0 Å². The van der Waals surface area contributed by atoms with Gasteiger partial charge in [-0.2, -0.15) is 0 Å². The molecule has 36 valence electrons. The summed E-state index contributed by atoms with van der Waals surface area (Å²) in [6.07, 6.45) is 0. The Hall–Kier alpha value is 3.98. The molecule has 3 nitrogen and oxygen atoms in total. The molecule has 0 heterocycles. The summed E-state index contributed by atoms with van der Waals surface area (Å²) in [5, 5.41) is 0. The molecule has 0 fully saturated rings. The van der Waals surface area contributed by atoms with Crippen LogP contribution in [0.2, 0.25) is 0 Å². The monoisotopic (exact) mass is 206 g/mol. The van der Waals surface area contributed by atoms with Crippen LogP contribution in [0.1, 0.15) is 0 Å². The first-order valence-corrected chi connectivity index (χ1v) is 7.35. The van der Waals surface area contributed by atoms with E-state index in [1.165, 1.54) is 0 Å². The van der Waals surface area contributed by atoms with E-state index in [2.05, 4.69) is 0 Å². The smallest absolute Gasteiger partial charge is 0.875 e. The van der Waals surface area contributed by atoms with Gasteiger partial charge in [-0.3, -0.25) is 0 Å². The van der Waals surface area contributed by atoms with Crippen molar-refractivity contribution < 1.29 is 103 Å². The summed E-state index contributed by atoms with van der Waals surface area (Å²) in [6, 6.07) is 0. The SMILES string of the molecule is [Na+].[Na+].[Na+].[O-][Si]([O-])([O-])[S][AlH2]. The van der Waals surface area contributed by atoms with Crippen LogP contribution in [0.4, 0.5) is 0 Å². The summed E-state index contributed by atoms with van der Waals surface area (Å²) in [7, 11) is -3.91. The third kappa shape index (κ3) is 24.5. The zero-order valence-electron chi connectivity index (χ0n) is 6.13. The minimum absolute atomic E-state index is 0. The van der Waals surface area contributed by atoms with Gasteiger partial charge in [0.15, 0.2) is 0 Å². The Balaban J connectivity index is -0.0000000417. The molecule has 0 radical (unpaired) electrons. The van der Waals surface area contributed by atoms with Crippen LogP contribution < -0.4 is 103 Å². The molecule has 0 unspecified atom stereocenters. The van der Waals surface area contributed by atoms with Gasteiger partial charge in [0.2, 0.25) is 0 Å². The number of hydrogen-bond donors (Lipinski definition) is 0. The fourth-order valence-corrected chi connectivity index (χ4v) is 0. The Labute approximate surface area is 133 Å². The predicted molar refractivity (Wildman–Crippen MR) is 21.9 cm³/mol. The summed E-state index contributed by atoms with van der Waals surface area (Å²) < 4.78 is 0. The molecule has 0 aromatic rings. The number of hydrogen-bond acceptors (Lipinski definition) is 4. The zero-order valence-corrected chi connectivity index (χ0v) is 15.9. The quantitative estimate of drug-likeness (QED) is 0.399. The van der Waals surface area contributed by atoms with E-state index in [1.54, 1.807) is 0 Å². The standard InChI is InChI=1S/Al.3Na.O3SSi.2H/c;;;;1-5(2,3)4;;/q4*+1;-4;;. The first-order chi connectivity index (χ1) is 2.56. The first-order valence-electron chi connectivity index (χ1n) is 1.22. The van der Waals surface area contributed by atoms with E-state index >= 15 is 0 Å². The van der Waals surface area contributed by atoms with Gasteiger partial charge in [-0.15, -0.1) is 0 Å². The maximum atomic E-state index is 9.50. The molecule has 0 saturated heterocycles. The molecular weight excluding hydrogens is 204 g/mol. The summed E-state index contributed by atoms with van der Waals surface area (Å²) in [4.78, 5) is 28.5. The zero-order chi connectivity index (χ0) is 5.21. The molecule has 9 heavy (non-hydrogen) atoms. The number of rotatable bonds is 1. The molecule has 0 amide bonds. The van der Waals surface area contributed by atoms with Gasteiger partial charge in [0.1, 0.15) is 0 Å². The second kappa shape index (κ2) is 12.0. The van der Waals surface area contributed by atoms with E-state index in [4.69, 9.17) is 0 Å². The third-order valence-corrected chi connectivity index (χ3v) is 6.75. The molecule has 0 N–H and O–H groups in total. The molecule has 0 atom stereocenters. The molecule has 0 aromatic carbocycles. The van der Waals surface area contributed by atoms with Crippen LogP contribution in [0.15, 0.2) is 0 Å². The summed E-state index contributed by atoms with van der Waals surface area (Å²) >= 11 is 0.389. The summed E-state index contributed by atoms with van der Waals surface area (Å²) in [6.45, 7) is 0. The van der Waals surface area contributed by atoms with Crippen molar-refractivity contribution in [2.24, 2.45) is 0 Å². The Morgan fingerprint density at radius 3 is 1.11 bits per heavy atom. The molecule has 9 heteroatoms. The van der Waals surface area contributed by atoms with E-state index in [0.29, 0.717) is 24.7 Å². The molecule has 0 bridgehead atoms. The van der Waals surface area contributed by atoms with Gasteiger partial charge < -0.3 is 24.0 Å². The predicted octanol–water partition coefficient (Wildman–Crippen LogP) is -13.2. The van der Waals surface area contributed by atoms with Crippen LogP contribution in [0.3, 0.4) is 0 Å². The van der Waals surface area contributed by atoms with E-state index in [-0.39, 0.29) is 88.7 Å². The van der Waals surface area contributed by atoms with Crippen molar-refractivity contribution >= 4 is 32.7 Å². The Bertz CT molecular complexity index is 48.8. The van der Waals surface area contributed by atoms with Crippen molar-refractivity contribution in [2.75, 3.05) is 0 Å². The molecule has 0 aliphatic carbocycles. The maximum Gasteiger partial charge on any atom is 1.00 e. The van der Waals surface area contributed by atoms with Gasteiger partial charge in [0, 0.05) is 0 Å². The van der Waals surface area contributed by atoms with E-state index in [0.717, 1.165) is 0 Å². The normalized spacial score (nSPS) is 7.89. The average molecular weight is 206 g/mol. The van der Waals surface area contributed by atoms with Crippen LogP contribution in [-0.4, -0.2) is 23.1 Å². The second-order valence-electron chi connectivity index (χ2n) is 0.704. The van der Waals surface area contributed by atoms with E-state index in [9.17, 15) is 14.4 Å². The average Bonchev–Trinajstić information content (AvgIpc) is 1.35. The van der Waals surface area contributed by atoms with Crippen molar-refractivity contribution in [3.05, 3.63) is 0 Å². The van der Waals surface area contributed by atoms with Crippen molar-refractivity contribution in [1.29, 1.82) is 0 Å². The Morgan fingerprint density at radius 1 is 1.00 bits per heavy atom. The fourth-order valence-electron chi connectivity index (χ4n) is 0. The van der Waals surface area contributed by atoms with Gasteiger partial charge in [-0.05, 0) is 0 Å². The maximum absolute atomic E-state index is 9.50.